The van der Waals surface area contributed by atoms with E-state index in [4.69, 9.17) is 9.47 Å². The van der Waals surface area contributed by atoms with Gasteiger partial charge >= 0.3 is 5.97 Å². The van der Waals surface area contributed by atoms with Crippen LogP contribution >= 0.6 is 27.3 Å². The van der Waals surface area contributed by atoms with Gasteiger partial charge in [-0.05, 0) is 55.8 Å². The average molecular weight is 535 g/mol. The minimum atomic E-state index is -3.90. The number of fused-ring (bicyclic) bond motifs is 1. The molecule has 0 aliphatic carbocycles. The summed E-state index contributed by atoms with van der Waals surface area (Å²) < 4.78 is 39.5. The van der Waals surface area contributed by atoms with Crippen LogP contribution in [0.5, 0.6) is 5.75 Å². The SMILES string of the molecule is CCOC(=O)COc1ccc(S(=O)(=O)n2cc(-c3nccs3)c3cc(Br)ccc32)cc1C. The van der Waals surface area contributed by atoms with Crippen LogP contribution in [0.1, 0.15) is 12.5 Å². The molecule has 7 nitrogen and oxygen atoms in total. The number of hydrogen-bond acceptors (Lipinski definition) is 7. The summed E-state index contributed by atoms with van der Waals surface area (Å²) >= 11 is 4.91. The Morgan fingerprint density at radius 3 is 2.72 bits per heavy atom. The van der Waals surface area contributed by atoms with Gasteiger partial charge < -0.3 is 9.47 Å². The lowest BCUT2D eigenvalue weighted by atomic mass is 10.2. The predicted molar refractivity (Wildman–Crippen MR) is 127 cm³/mol. The molecule has 166 valence electrons. The molecule has 0 N–H and O–H groups in total. The number of hydrogen-bond donors (Lipinski definition) is 0. The minimum Gasteiger partial charge on any atom is -0.482 e. The molecule has 2 aromatic carbocycles. The average Bonchev–Trinajstić information content (AvgIpc) is 3.40. The standard InChI is InChI=1S/C22H19BrN2O5S2/c1-3-29-21(26)13-30-20-7-5-16(10-14(20)2)32(27,28)25-12-18(22-24-8-9-31-22)17-11-15(23)4-6-19(17)25/h4-12H,3,13H2,1-2H3. The fraction of sp³-hybridized carbons (Fsp3) is 0.182. The lowest BCUT2D eigenvalue weighted by Gasteiger charge is -2.12. The first-order valence-electron chi connectivity index (χ1n) is 9.66. The molecule has 4 aromatic rings. The number of carbonyl (C=O) groups excluding carboxylic acids is 1. The number of rotatable bonds is 7. The molecule has 0 saturated heterocycles. The maximum atomic E-state index is 13.5. The topological polar surface area (TPSA) is 87.5 Å². The van der Waals surface area contributed by atoms with Gasteiger partial charge in [0, 0.05) is 33.2 Å². The van der Waals surface area contributed by atoms with Crippen LogP contribution < -0.4 is 4.74 Å². The summed E-state index contributed by atoms with van der Waals surface area (Å²) in [5, 5.41) is 3.37. The molecule has 0 atom stereocenters. The zero-order chi connectivity index (χ0) is 22.9. The Labute approximate surface area is 197 Å². The third-order valence-corrected chi connectivity index (χ3v) is 7.72. The number of carbonyl (C=O) groups is 1. The fourth-order valence-corrected chi connectivity index (χ4v) is 5.77. The van der Waals surface area contributed by atoms with Crippen molar-refractivity contribution >= 4 is 54.2 Å². The van der Waals surface area contributed by atoms with E-state index in [0.717, 1.165) is 20.4 Å². The van der Waals surface area contributed by atoms with E-state index < -0.39 is 16.0 Å². The molecule has 32 heavy (non-hydrogen) atoms. The maximum absolute atomic E-state index is 13.5. The Hall–Kier alpha value is -2.69. The Balaban J connectivity index is 1.74. The number of esters is 1. The molecular weight excluding hydrogens is 516 g/mol. The second-order valence-electron chi connectivity index (χ2n) is 6.86. The zero-order valence-corrected chi connectivity index (χ0v) is 20.5. The molecule has 0 unspecified atom stereocenters. The number of benzene rings is 2. The van der Waals surface area contributed by atoms with E-state index in [-0.39, 0.29) is 18.1 Å². The molecule has 0 radical (unpaired) electrons. The van der Waals surface area contributed by atoms with Crippen molar-refractivity contribution in [2.75, 3.05) is 13.2 Å². The molecule has 0 aliphatic rings. The molecular formula is C22H19BrN2O5S2. The minimum absolute atomic E-state index is 0.115. The van der Waals surface area contributed by atoms with Crippen LogP contribution in [-0.2, 0) is 19.6 Å². The van der Waals surface area contributed by atoms with Gasteiger partial charge in [-0.2, -0.15) is 0 Å². The van der Waals surface area contributed by atoms with Gasteiger partial charge in [0.2, 0.25) is 0 Å². The molecule has 0 fully saturated rings. The molecule has 0 spiro atoms. The molecule has 0 saturated carbocycles. The number of halogens is 1. The van der Waals surface area contributed by atoms with E-state index in [9.17, 15) is 13.2 Å². The van der Waals surface area contributed by atoms with Gasteiger partial charge in [0.05, 0.1) is 17.0 Å². The van der Waals surface area contributed by atoms with Crippen LogP contribution in [0.25, 0.3) is 21.5 Å². The second kappa shape index (κ2) is 9.05. The Morgan fingerprint density at radius 1 is 1.22 bits per heavy atom. The van der Waals surface area contributed by atoms with Crippen molar-refractivity contribution in [2.24, 2.45) is 0 Å². The third-order valence-electron chi connectivity index (χ3n) is 4.75. The van der Waals surface area contributed by atoms with E-state index >= 15 is 0 Å². The Morgan fingerprint density at radius 2 is 2.03 bits per heavy atom. The number of aryl methyl sites for hydroxylation is 1. The highest BCUT2D eigenvalue weighted by Crippen LogP contribution is 2.36. The summed E-state index contributed by atoms with van der Waals surface area (Å²) in [6, 6.07) is 10.00. The van der Waals surface area contributed by atoms with Crippen LogP contribution in [-0.4, -0.2) is 36.6 Å². The Bertz CT molecular complexity index is 1400. The van der Waals surface area contributed by atoms with Gasteiger partial charge in [-0.15, -0.1) is 11.3 Å². The van der Waals surface area contributed by atoms with Crippen LogP contribution in [0, 0.1) is 6.92 Å². The third kappa shape index (κ3) is 4.30. The first-order valence-corrected chi connectivity index (χ1v) is 12.8. The monoisotopic (exact) mass is 534 g/mol. The highest BCUT2D eigenvalue weighted by atomic mass is 79.9. The van der Waals surface area contributed by atoms with E-state index in [2.05, 4.69) is 20.9 Å². The zero-order valence-electron chi connectivity index (χ0n) is 17.2. The Kier molecular flexibility index (Phi) is 6.36. The van der Waals surface area contributed by atoms with Gasteiger partial charge in [-0.25, -0.2) is 22.2 Å². The summed E-state index contributed by atoms with van der Waals surface area (Å²) in [4.78, 5) is 16.0. The van der Waals surface area contributed by atoms with Crippen molar-refractivity contribution in [3.63, 3.8) is 0 Å². The first kappa shape index (κ1) is 22.5. The van der Waals surface area contributed by atoms with E-state index in [1.54, 1.807) is 44.4 Å². The normalized spacial score (nSPS) is 11.6. The molecule has 0 amide bonds. The molecule has 2 aromatic heterocycles. The van der Waals surface area contributed by atoms with E-state index in [1.165, 1.54) is 27.4 Å². The van der Waals surface area contributed by atoms with Crippen LogP contribution in [0.15, 0.2) is 63.5 Å². The highest BCUT2D eigenvalue weighted by molar-refractivity contribution is 9.10. The van der Waals surface area contributed by atoms with Gasteiger partial charge in [0.1, 0.15) is 10.8 Å². The summed E-state index contributed by atoms with van der Waals surface area (Å²) in [7, 11) is -3.90. The molecule has 0 bridgehead atoms. The van der Waals surface area contributed by atoms with Gasteiger partial charge in [0.15, 0.2) is 6.61 Å². The lowest BCUT2D eigenvalue weighted by Crippen LogP contribution is -2.15. The number of aromatic nitrogens is 2. The highest BCUT2D eigenvalue weighted by Gasteiger charge is 2.23. The number of nitrogens with zero attached hydrogens (tertiary/aromatic N) is 2. The molecule has 4 rings (SSSR count). The molecule has 2 heterocycles. The van der Waals surface area contributed by atoms with Crippen molar-refractivity contribution in [1.29, 1.82) is 0 Å². The van der Waals surface area contributed by atoms with E-state index in [0.29, 0.717) is 16.8 Å². The van der Waals surface area contributed by atoms with Gasteiger partial charge in [-0.1, -0.05) is 15.9 Å². The summed E-state index contributed by atoms with van der Waals surface area (Å²) in [6.45, 7) is 3.47. The van der Waals surface area contributed by atoms with Gasteiger partial charge in [-0.3, -0.25) is 0 Å². The smallest absolute Gasteiger partial charge is 0.344 e. The second-order valence-corrected chi connectivity index (χ2v) is 10.5. The van der Waals surface area contributed by atoms with Crippen molar-refractivity contribution in [3.05, 3.63) is 64.2 Å². The maximum Gasteiger partial charge on any atom is 0.344 e. The van der Waals surface area contributed by atoms with Crippen molar-refractivity contribution in [1.82, 2.24) is 8.96 Å². The summed E-state index contributed by atoms with van der Waals surface area (Å²) in [6.07, 6.45) is 3.29. The van der Waals surface area contributed by atoms with Crippen molar-refractivity contribution < 1.29 is 22.7 Å². The van der Waals surface area contributed by atoms with Crippen molar-refractivity contribution in [2.45, 2.75) is 18.7 Å². The summed E-state index contributed by atoms with van der Waals surface area (Å²) in [5.74, 6) is -0.0648. The van der Waals surface area contributed by atoms with Crippen LogP contribution in [0.4, 0.5) is 0 Å². The predicted octanol–water partition coefficient (Wildman–Crippen LogP) is 5.01. The van der Waals surface area contributed by atoms with Crippen LogP contribution in [0.3, 0.4) is 0 Å². The quantitative estimate of drug-likeness (QED) is 0.309. The van der Waals surface area contributed by atoms with Gasteiger partial charge in [0.25, 0.3) is 10.0 Å². The van der Waals surface area contributed by atoms with Crippen LogP contribution in [0.2, 0.25) is 0 Å². The lowest BCUT2D eigenvalue weighted by molar-refractivity contribution is -0.145. The molecule has 10 heteroatoms. The van der Waals surface area contributed by atoms with E-state index in [1.807, 2.05) is 11.4 Å². The van der Waals surface area contributed by atoms with Crippen molar-refractivity contribution in [3.8, 4) is 16.3 Å². The number of thiazole rings is 1. The number of ether oxygens (including phenoxy) is 2. The summed E-state index contributed by atoms with van der Waals surface area (Å²) in [5.41, 5.74) is 1.89. The fourth-order valence-electron chi connectivity index (χ4n) is 3.30. The largest absolute Gasteiger partial charge is 0.482 e. The molecule has 0 aliphatic heterocycles. The first-order chi connectivity index (χ1) is 15.3.